The second-order valence-electron chi connectivity index (χ2n) is 8.15. The Morgan fingerprint density at radius 1 is 1.26 bits per heavy atom. The number of likely N-dealkylation sites (tertiary alicyclic amines) is 1. The van der Waals surface area contributed by atoms with Crippen molar-refractivity contribution in [2.45, 2.75) is 25.9 Å². The molecule has 1 aliphatic rings. The highest BCUT2D eigenvalue weighted by Gasteiger charge is 2.34. The van der Waals surface area contributed by atoms with Crippen molar-refractivity contribution in [2.24, 2.45) is 5.92 Å². The summed E-state index contributed by atoms with van der Waals surface area (Å²) in [6, 6.07) is 15.5. The number of nitriles is 1. The Morgan fingerprint density at radius 3 is 2.94 bits per heavy atom. The number of hydrogen-bond donors (Lipinski definition) is 1. The van der Waals surface area contributed by atoms with E-state index in [4.69, 9.17) is 0 Å². The van der Waals surface area contributed by atoms with Gasteiger partial charge >= 0.3 is 0 Å². The Bertz CT molecular complexity index is 1280. The lowest BCUT2D eigenvalue weighted by molar-refractivity contribution is 0.0742. The van der Waals surface area contributed by atoms with Gasteiger partial charge in [0.15, 0.2) is 0 Å². The molecule has 0 bridgehead atoms. The lowest BCUT2D eigenvalue weighted by Gasteiger charge is -2.22. The van der Waals surface area contributed by atoms with Crippen LogP contribution in [0.15, 0.2) is 61.2 Å². The first kappa shape index (κ1) is 19.1. The number of carbonyl (C=O) groups is 1. The Kier molecular flexibility index (Phi) is 4.75. The Balaban J connectivity index is 1.34. The second-order valence-corrected chi connectivity index (χ2v) is 8.15. The summed E-state index contributed by atoms with van der Waals surface area (Å²) in [4.78, 5) is 19.6. The van der Waals surface area contributed by atoms with E-state index < -0.39 is 0 Å². The zero-order chi connectivity index (χ0) is 21.4. The number of nitrogens with one attached hydrogen (secondary N) is 1. The molecule has 7 nitrogen and oxygen atoms in total. The van der Waals surface area contributed by atoms with E-state index in [9.17, 15) is 10.1 Å². The lowest BCUT2D eigenvalue weighted by atomic mass is 10.1. The number of aromatic nitrogens is 4. The van der Waals surface area contributed by atoms with Crippen molar-refractivity contribution in [1.29, 1.82) is 5.26 Å². The molecule has 0 unspecified atom stereocenters. The molecule has 1 amide bonds. The number of rotatable bonds is 4. The first-order valence-corrected chi connectivity index (χ1v) is 10.4. The Labute approximate surface area is 179 Å². The van der Waals surface area contributed by atoms with Crippen molar-refractivity contribution in [1.82, 2.24) is 24.6 Å². The largest absolute Gasteiger partial charge is 0.336 e. The van der Waals surface area contributed by atoms with Gasteiger partial charge in [0.25, 0.3) is 5.91 Å². The van der Waals surface area contributed by atoms with Crippen LogP contribution >= 0.6 is 0 Å². The van der Waals surface area contributed by atoms with E-state index in [-0.39, 0.29) is 11.9 Å². The van der Waals surface area contributed by atoms with Crippen molar-refractivity contribution < 1.29 is 4.79 Å². The van der Waals surface area contributed by atoms with Gasteiger partial charge in [-0.05, 0) is 49.1 Å². The standard InChI is InChI=1S/C24H22N6O/c1-16-8-17(14-30(16)24(31)21-5-3-2-4-19(21)10-25)13-29-15-26-22-9-18(6-7-23(22)29)20-11-27-28-12-20/h2-7,9,11-12,15-17H,8,13-14H2,1H3,(H,27,28)/t16-,17+/m1/s1. The molecule has 154 valence electrons. The van der Waals surface area contributed by atoms with E-state index >= 15 is 0 Å². The molecular weight excluding hydrogens is 388 g/mol. The molecule has 4 aromatic rings. The number of H-pyrrole nitrogens is 1. The fourth-order valence-corrected chi connectivity index (χ4v) is 4.56. The number of benzene rings is 2. The van der Waals surface area contributed by atoms with Gasteiger partial charge < -0.3 is 9.47 Å². The molecule has 1 saturated heterocycles. The summed E-state index contributed by atoms with van der Waals surface area (Å²) in [5.41, 5.74) is 5.05. The molecule has 31 heavy (non-hydrogen) atoms. The zero-order valence-electron chi connectivity index (χ0n) is 17.2. The molecule has 0 saturated carbocycles. The summed E-state index contributed by atoms with van der Waals surface area (Å²) in [5.74, 6) is 0.270. The molecule has 1 N–H and O–H groups in total. The van der Waals surface area contributed by atoms with Gasteiger partial charge in [-0.2, -0.15) is 10.4 Å². The number of aromatic amines is 1. The van der Waals surface area contributed by atoms with Crippen LogP contribution in [0.2, 0.25) is 0 Å². The van der Waals surface area contributed by atoms with Gasteiger partial charge in [0.05, 0.1) is 40.8 Å². The van der Waals surface area contributed by atoms with Gasteiger partial charge in [-0.15, -0.1) is 0 Å². The highest BCUT2D eigenvalue weighted by molar-refractivity contribution is 5.97. The fourth-order valence-electron chi connectivity index (χ4n) is 4.56. The second kappa shape index (κ2) is 7.73. The van der Waals surface area contributed by atoms with Crippen molar-refractivity contribution in [3.63, 3.8) is 0 Å². The van der Waals surface area contributed by atoms with Crippen molar-refractivity contribution in [2.75, 3.05) is 6.54 Å². The summed E-state index contributed by atoms with van der Waals surface area (Å²) in [5, 5.41) is 16.2. The van der Waals surface area contributed by atoms with Gasteiger partial charge in [0.1, 0.15) is 0 Å². The van der Waals surface area contributed by atoms with E-state index in [0.717, 1.165) is 35.1 Å². The molecule has 2 aromatic heterocycles. The first-order valence-electron chi connectivity index (χ1n) is 10.4. The van der Waals surface area contributed by atoms with E-state index in [1.807, 2.05) is 23.5 Å². The van der Waals surface area contributed by atoms with Crippen LogP contribution in [0, 0.1) is 17.2 Å². The lowest BCUT2D eigenvalue weighted by Crippen LogP contribution is -2.34. The minimum atomic E-state index is -0.0626. The maximum absolute atomic E-state index is 13.1. The van der Waals surface area contributed by atoms with Crippen LogP contribution < -0.4 is 0 Å². The van der Waals surface area contributed by atoms with Crippen LogP contribution in [-0.4, -0.2) is 43.1 Å². The monoisotopic (exact) mass is 410 g/mol. The van der Waals surface area contributed by atoms with E-state index in [0.29, 0.717) is 23.6 Å². The Hall–Kier alpha value is -3.92. The minimum Gasteiger partial charge on any atom is -0.336 e. The third-order valence-corrected chi connectivity index (χ3v) is 6.11. The number of carbonyl (C=O) groups excluding carboxylic acids is 1. The molecule has 2 atom stereocenters. The predicted octanol–water partition coefficient (Wildman–Crippen LogP) is 3.85. The zero-order valence-corrected chi connectivity index (χ0v) is 17.2. The SMILES string of the molecule is C[C@@H]1C[C@@H](Cn2cnc3cc(-c4cn[nH]c4)ccc32)CN1C(=O)c1ccccc1C#N. The predicted molar refractivity (Wildman–Crippen MR) is 117 cm³/mol. The number of amides is 1. The summed E-state index contributed by atoms with van der Waals surface area (Å²) in [7, 11) is 0. The number of nitrogens with zero attached hydrogens (tertiary/aromatic N) is 5. The van der Waals surface area contributed by atoms with Crippen LogP contribution in [0.3, 0.4) is 0 Å². The molecule has 2 aromatic carbocycles. The van der Waals surface area contributed by atoms with Crippen LogP contribution in [0.5, 0.6) is 0 Å². The molecule has 0 radical (unpaired) electrons. The fraction of sp³-hybridized carbons (Fsp3) is 0.250. The highest BCUT2D eigenvalue weighted by atomic mass is 16.2. The van der Waals surface area contributed by atoms with Crippen LogP contribution in [0.4, 0.5) is 0 Å². The molecule has 7 heteroatoms. The molecule has 0 aliphatic carbocycles. The average Bonchev–Trinajstić information content (AvgIpc) is 3.54. The van der Waals surface area contributed by atoms with Gasteiger partial charge in [0, 0.05) is 30.9 Å². The summed E-state index contributed by atoms with van der Waals surface area (Å²) in [6.45, 7) is 3.55. The number of hydrogen-bond acceptors (Lipinski definition) is 4. The molecule has 1 aliphatic heterocycles. The van der Waals surface area contributed by atoms with Crippen LogP contribution in [0.1, 0.15) is 29.3 Å². The molecule has 0 spiro atoms. The maximum Gasteiger partial charge on any atom is 0.255 e. The van der Waals surface area contributed by atoms with Crippen molar-refractivity contribution in [3.05, 3.63) is 72.3 Å². The molecule has 1 fully saturated rings. The Morgan fingerprint density at radius 2 is 2.13 bits per heavy atom. The molecule has 5 rings (SSSR count). The maximum atomic E-state index is 13.1. The highest BCUT2D eigenvalue weighted by Crippen LogP contribution is 2.29. The average molecular weight is 410 g/mol. The van der Waals surface area contributed by atoms with Crippen LogP contribution in [0.25, 0.3) is 22.2 Å². The van der Waals surface area contributed by atoms with Crippen molar-refractivity contribution in [3.8, 4) is 17.2 Å². The van der Waals surface area contributed by atoms with Gasteiger partial charge in [0.2, 0.25) is 0 Å². The summed E-state index contributed by atoms with van der Waals surface area (Å²) >= 11 is 0. The first-order chi connectivity index (χ1) is 15.1. The van der Waals surface area contributed by atoms with Crippen molar-refractivity contribution >= 4 is 16.9 Å². The van der Waals surface area contributed by atoms with Gasteiger partial charge in [-0.3, -0.25) is 9.89 Å². The third-order valence-electron chi connectivity index (χ3n) is 6.11. The molecular formula is C24H22N6O. The topological polar surface area (TPSA) is 90.6 Å². The molecule has 3 heterocycles. The van der Waals surface area contributed by atoms with Gasteiger partial charge in [-0.1, -0.05) is 18.2 Å². The van der Waals surface area contributed by atoms with E-state index in [1.165, 1.54) is 0 Å². The van der Waals surface area contributed by atoms with Gasteiger partial charge in [-0.25, -0.2) is 4.98 Å². The number of fused-ring (bicyclic) bond motifs is 1. The summed E-state index contributed by atoms with van der Waals surface area (Å²) < 4.78 is 2.17. The quantitative estimate of drug-likeness (QED) is 0.553. The van der Waals surface area contributed by atoms with E-state index in [1.54, 1.807) is 24.4 Å². The smallest absolute Gasteiger partial charge is 0.255 e. The minimum absolute atomic E-state index is 0.0626. The van der Waals surface area contributed by atoms with E-state index in [2.05, 4.69) is 50.9 Å². The third kappa shape index (κ3) is 3.46. The van der Waals surface area contributed by atoms with Crippen LogP contribution in [-0.2, 0) is 6.54 Å². The number of imidazole rings is 1. The normalized spacial score (nSPS) is 18.4. The summed E-state index contributed by atoms with van der Waals surface area (Å²) in [6.07, 6.45) is 6.47.